The van der Waals surface area contributed by atoms with Gasteiger partial charge in [-0.25, -0.2) is 9.59 Å². The van der Waals surface area contributed by atoms with Gasteiger partial charge >= 0.3 is 12.0 Å². The van der Waals surface area contributed by atoms with Crippen LogP contribution in [0.2, 0.25) is 0 Å². The summed E-state index contributed by atoms with van der Waals surface area (Å²) in [6.45, 7) is 3.48. The van der Waals surface area contributed by atoms with Crippen LogP contribution in [-0.4, -0.2) is 62.2 Å². The van der Waals surface area contributed by atoms with Crippen molar-refractivity contribution in [2.45, 2.75) is 25.6 Å². The summed E-state index contributed by atoms with van der Waals surface area (Å²) in [5, 5.41) is 1.35. The Hall–Kier alpha value is -3.14. The van der Waals surface area contributed by atoms with Crippen LogP contribution in [0.15, 0.2) is 48.5 Å². The molecule has 2 bridgehead atoms. The van der Waals surface area contributed by atoms with E-state index in [0.717, 1.165) is 11.1 Å². The van der Waals surface area contributed by atoms with Gasteiger partial charge in [-0.1, -0.05) is 36.4 Å². The molecule has 2 amide bonds. The molecule has 0 N–H and O–H groups in total. The maximum atomic E-state index is 13.2. The van der Waals surface area contributed by atoms with E-state index >= 15 is 0 Å². The van der Waals surface area contributed by atoms with Crippen molar-refractivity contribution in [1.29, 1.82) is 0 Å². The van der Waals surface area contributed by atoms with Crippen LogP contribution in [-0.2, 0) is 30.4 Å². The van der Waals surface area contributed by atoms with Crippen LogP contribution in [0.3, 0.4) is 0 Å². The molecule has 1 fully saturated rings. The standard InChI is InChI=1S/C24H28N2O7/c1-3-31-23(27)22-19-10-9-18(32-16-30-12-11-29-2)13-20(19)21-14-25(22)24(28)26(21)33-15-17-7-5-4-6-8-17/h4-10,13,21-22H,3,11-12,14-16H2,1-2H3/t21-,22-/m1/s1. The van der Waals surface area contributed by atoms with Gasteiger partial charge in [0.25, 0.3) is 0 Å². The number of urea groups is 1. The third kappa shape index (κ3) is 4.95. The summed E-state index contributed by atoms with van der Waals surface area (Å²) in [5.41, 5.74) is 2.43. The fourth-order valence-corrected chi connectivity index (χ4v) is 4.04. The zero-order valence-electron chi connectivity index (χ0n) is 18.8. The Labute approximate surface area is 192 Å². The van der Waals surface area contributed by atoms with Crippen LogP contribution in [0.25, 0.3) is 0 Å². The number of nitrogens with zero attached hydrogens (tertiary/aromatic N) is 2. The van der Waals surface area contributed by atoms with Crippen molar-refractivity contribution < 1.29 is 33.4 Å². The minimum absolute atomic E-state index is 0.0629. The number of fused-ring (bicyclic) bond motifs is 4. The Morgan fingerprint density at radius 1 is 1.09 bits per heavy atom. The van der Waals surface area contributed by atoms with Crippen LogP contribution in [0.4, 0.5) is 4.79 Å². The Morgan fingerprint density at radius 3 is 2.67 bits per heavy atom. The molecule has 0 saturated carbocycles. The minimum atomic E-state index is -0.832. The van der Waals surface area contributed by atoms with E-state index < -0.39 is 12.0 Å². The maximum Gasteiger partial charge on any atom is 0.345 e. The van der Waals surface area contributed by atoms with Crippen LogP contribution in [0.1, 0.15) is 35.7 Å². The van der Waals surface area contributed by atoms with Crippen molar-refractivity contribution in [2.24, 2.45) is 0 Å². The largest absolute Gasteiger partial charge is 0.468 e. The number of hydroxylamine groups is 2. The van der Waals surface area contributed by atoms with Gasteiger partial charge in [0.1, 0.15) is 18.4 Å². The quantitative estimate of drug-likeness (QED) is 0.292. The molecular weight excluding hydrogens is 428 g/mol. The fraction of sp³-hybridized carbons (Fsp3) is 0.417. The highest BCUT2D eigenvalue weighted by molar-refractivity contribution is 5.88. The van der Waals surface area contributed by atoms with E-state index in [0.29, 0.717) is 31.1 Å². The minimum Gasteiger partial charge on any atom is -0.468 e. The molecule has 2 aliphatic rings. The first-order valence-electron chi connectivity index (χ1n) is 10.9. The first kappa shape index (κ1) is 23.0. The van der Waals surface area contributed by atoms with Crippen molar-refractivity contribution >= 4 is 12.0 Å². The number of ether oxygens (including phenoxy) is 4. The lowest BCUT2D eigenvalue weighted by molar-refractivity contribution is -0.149. The molecule has 0 aliphatic carbocycles. The number of hydrogen-bond acceptors (Lipinski definition) is 7. The van der Waals surface area contributed by atoms with E-state index in [2.05, 4.69) is 0 Å². The van der Waals surface area contributed by atoms with Gasteiger partial charge in [0.05, 0.1) is 26.4 Å². The molecule has 9 nitrogen and oxygen atoms in total. The van der Waals surface area contributed by atoms with Crippen molar-refractivity contribution in [2.75, 3.05) is 40.3 Å². The second-order valence-electron chi connectivity index (χ2n) is 7.64. The smallest absolute Gasteiger partial charge is 0.345 e. The topological polar surface area (TPSA) is 86.8 Å². The highest BCUT2D eigenvalue weighted by Crippen LogP contribution is 2.45. The van der Waals surface area contributed by atoms with Gasteiger partial charge in [0.2, 0.25) is 0 Å². The lowest BCUT2D eigenvalue weighted by Gasteiger charge is -2.31. The molecule has 1 saturated heterocycles. The van der Waals surface area contributed by atoms with Crippen LogP contribution >= 0.6 is 0 Å². The van der Waals surface area contributed by atoms with Gasteiger partial charge in [-0.15, -0.1) is 0 Å². The van der Waals surface area contributed by atoms with Gasteiger partial charge in [-0.05, 0) is 35.7 Å². The number of esters is 1. The molecule has 176 valence electrons. The summed E-state index contributed by atoms with van der Waals surface area (Å²) in [6, 6.07) is 13.4. The van der Waals surface area contributed by atoms with Crippen molar-refractivity contribution in [3.8, 4) is 5.75 Å². The molecule has 2 heterocycles. The monoisotopic (exact) mass is 456 g/mol. The normalized spacial score (nSPS) is 18.9. The molecule has 0 radical (unpaired) electrons. The molecule has 2 aromatic carbocycles. The number of rotatable bonds is 11. The number of hydrogen-bond donors (Lipinski definition) is 0. The Bertz CT molecular complexity index is 969. The number of methoxy groups -OCH3 is 1. The average molecular weight is 456 g/mol. The number of carbonyl (C=O) groups is 2. The van der Waals surface area contributed by atoms with Crippen molar-refractivity contribution in [1.82, 2.24) is 9.96 Å². The summed E-state index contributed by atoms with van der Waals surface area (Å²) in [5.74, 6) is 0.108. The molecule has 2 aromatic rings. The van der Waals surface area contributed by atoms with E-state index in [9.17, 15) is 9.59 Å². The maximum absolute atomic E-state index is 13.2. The van der Waals surface area contributed by atoms with Gasteiger partial charge in [0, 0.05) is 7.11 Å². The van der Waals surface area contributed by atoms with E-state index in [1.807, 2.05) is 36.4 Å². The highest BCUT2D eigenvalue weighted by atomic mass is 16.7. The zero-order valence-corrected chi connectivity index (χ0v) is 18.8. The van der Waals surface area contributed by atoms with E-state index in [-0.39, 0.29) is 32.1 Å². The molecule has 0 spiro atoms. The van der Waals surface area contributed by atoms with Crippen molar-refractivity contribution in [3.05, 3.63) is 65.2 Å². The summed E-state index contributed by atoms with van der Waals surface area (Å²) in [6.07, 6.45) is 0. The molecule has 33 heavy (non-hydrogen) atoms. The molecule has 2 atom stereocenters. The van der Waals surface area contributed by atoms with Crippen molar-refractivity contribution in [3.63, 3.8) is 0 Å². The van der Waals surface area contributed by atoms with Gasteiger partial charge in [0.15, 0.2) is 12.8 Å². The fourth-order valence-electron chi connectivity index (χ4n) is 4.04. The second-order valence-corrected chi connectivity index (χ2v) is 7.64. The van der Waals surface area contributed by atoms with Gasteiger partial charge < -0.3 is 23.8 Å². The van der Waals surface area contributed by atoms with Crippen LogP contribution in [0.5, 0.6) is 5.75 Å². The molecular formula is C24H28N2O7. The Balaban J connectivity index is 1.57. The first-order chi connectivity index (χ1) is 16.1. The van der Waals surface area contributed by atoms with E-state index in [1.165, 1.54) is 9.96 Å². The van der Waals surface area contributed by atoms with E-state index in [4.69, 9.17) is 23.8 Å². The molecule has 9 heteroatoms. The van der Waals surface area contributed by atoms with Crippen LogP contribution in [0, 0.1) is 0 Å². The van der Waals surface area contributed by atoms with Gasteiger partial charge in [-0.2, -0.15) is 5.06 Å². The van der Waals surface area contributed by atoms with E-state index in [1.54, 1.807) is 26.2 Å². The molecule has 2 aliphatic heterocycles. The predicted molar refractivity (Wildman–Crippen MR) is 117 cm³/mol. The first-order valence-corrected chi connectivity index (χ1v) is 10.9. The van der Waals surface area contributed by atoms with Crippen LogP contribution < -0.4 is 4.74 Å². The summed E-state index contributed by atoms with van der Waals surface area (Å²) >= 11 is 0. The third-order valence-electron chi connectivity index (χ3n) is 5.57. The summed E-state index contributed by atoms with van der Waals surface area (Å²) < 4.78 is 21.3. The average Bonchev–Trinajstić information content (AvgIpc) is 3.11. The lowest BCUT2D eigenvalue weighted by atomic mass is 9.91. The zero-order chi connectivity index (χ0) is 23.2. The predicted octanol–water partition coefficient (Wildman–Crippen LogP) is 3.21. The number of benzene rings is 2. The summed E-state index contributed by atoms with van der Waals surface area (Å²) in [7, 11) is 1.60. The molecule has 0 unspecified atom stereocenters. The SMILES string of the molecule is CCOC(=O)[C@H]1c2ccc(OCOCCOC)cc2[C@H]2CN1C(=O)N2OCc1ccccc1. The lowest BCUT2D eigenvalue weighted by Crippen LogP contribution is -2.39. The summed E-state index contributed by atoms with van der Waals surface area (Å²) in [4.78, 5) is 33.4. The molecule has 0 aromatic heterocycles. The Kier molecular flexibility index (Phi) is 7.43. The third-order valence-corrected chi connectivity index (χ3v) is 5.57. The molecule has 4 rings (SSSR count). The van der Waals surface area contributed by atoms with Gasteiger partial charge in [-0.3, -0.25) is 4.84 Å². The highest BCUT2D eigenvalue weighted by Gasteiger charge is 2.51. The number of carbonyl (C=O) groups excluding carboxylic acids is 2. The Morgan fingerprint density at radius 2 is 1.91 bits per heavy atom. The number of amides is 2. The second kappa shape index (κ2) is 10.7.